The summed E-state index contributed by atoms with van der Waals surface area (Å²) in [6.07, 6.45) is 2.18. The number of carbonyl (C=O) groups excluding carboxylic acids is 1. The van der Waals surface area contributed by atoms with Crippen LogP contribution in [0.4, 0.5) is 0 Å². The van der Waals surface area contributed by atoms with Gasteiger partial charge in [0, 0.05) is 24.3 Å². The van der Waals surface area contributed by atoms with Crippen molar-refractivity contribution in [2.75, 3.05) is 19.8 Å². The molecule has 0 spiro atoms. The molecule has 1 aliphatic rings. The van der Waals surface area contributed by atoms with Gasteiger partial charge in [0.1, 0.15) is 18.1 Å². The van der Waals surface area contributed by atoms with E-state index in [4.69, 9.17) is 14.2 Å². The van der Waals surface area contributed by atoms with Crippen LogP contribution in [0.25, 0.3) is 0 Å². The van der Waals surface area contributed by atoms with Crippen molar-refractivity contribution in [1.82, 2.24) is 5.32 Å². The number of carbonyl (C=O) groups is 1. The van der Waals surface area contributed by atoms with E-state index in [1.54, 1.807) is 6.07 Å². The molecule has 1 atom stereocenters. The fourth-order valence-corrected chi connectivity index (χ4v) is 3.11. The molecular weight excluding hydrogens is 342 g/mol. The predicted octanol–water partition coefficient (Wildman–Crippen LogP) is 3.88. The molecule has 1 aliphatic heterocycles. The molecule has 1 saturated heterocycles. The minimum absolute atomic E-state index is 0.106. The number of amides is 1. The Morgan fingerprint density at radius 1 is 1.22 bits per heavy atom. The van der Waals surface area contributed by atoms with Crippen LogP contribution in [0, 0.1) is 6.92 Å². The molecule has 1 amide bonds. The lowest BCUT2D eigenvalue weighted by atomic mass is 10.1. The maximum absolute atomic E-state index is 12.5. The van der Waals surface area contributed by atoms with E-state index in [0.29, 0.717) is 25.3 Å². The highest BCUT2D eigenvalue weighted by atomic mass is 16.5. The quantitative estimate of drug-likeness (QED) is 0.767. The van der Waals surface area contributed by atoms with Crippen LogP contribution in [0.1, 0.15) is 41.3 Å². The molecule has 0 aromatic heterocycles. The zero-order chi connectivity index (χ0) is 19.1. The van der Waals surface area contributed by atoms with E-state index < -0.39 is 0 Å². The molecule has 0 saturated carbocycles. The van der Waals surface area contributed by atoms with Crippen molar-refractivity contribution >= 4 is 5.91 Å². The molecule has 1 fully saturated rings. The topological polar surface area (TPSA) is 56.8 Å². The summed E-state index contributed by atoms with van der Waals surface area (Å²) >= 11 is 0. The summed E-state index contributed by atoms with van der Waals surface area (Å²) in [4.78, 5) is 12.5. The van der Waals surface area contributed by atoms with Crippen LogP contribution in [-0.4, -0.2) is 31.8 Å². The molecule has 2 aromatic rings. The second-order valence-corrected chi connectivity index (χ2v) is 6.71. The van der Waals surface area contributed by atoms with Gasteiger partial charge in [-0.1, -0.05) is 12.1 Å². The molecule has 0 unspecified atom stereocenters. The van der Waals surface area contributed by atoms with Crippen LogP contribution in [0.3, 0.4) is 0 Å². The first kappa shape index (κ1) is 19.2. The van der Waals surface area contributed by atoms with Gasteiger partial charge in [-0.25, -0.2) is 0 Å². The number of hydrogen-bond acceptors (Lipinski definition) is 4. The molecule has 5 nitrogen and oxygen atoms in total. The lowest BCUT2D eigenvalue weighted by molar-refractivity contribution is 0.0857. The second-order valence-electron chi connectivity index (χ2n) is 6.71. The van der Waals surface area contributed by atoms with Crippen LogP contribution < -0.4 is 14.8 Å². The third kappa shape index (κ3) is 5.47. The number of ether oxygens (including phenoxy) is 3. The van der Waals surface area contributed by atoms with Gasteiger partial charge in [0.15, 0.2) is 0 Å². The number of hydrogen-bond donors (Lipinski definition) is 1. The normalized spacial score (nSPS) is 16.1. The molecule has 0 radical (unpaired) electrons. The SMILES string of the molecule is CCOc1ccc(C(=O)NC[C@@H]2CCCO2)cc1COc1cccc(C)c1. The van der Waals surface area contributed by atoms with Crippen LogP contribution >= 0.6 is 0 Å². The summed E-state index contributed by atoms with van der Waals surface area (Å²) in [6.45, 7) is 6.18. The molecule has 1 N–H and O–H groups in total. The Morgan fingerprint density at radius 3 is 2.85 bits per heavy atom. The van der Waals surface area contributed by atoms with E-state index in [9.17, 15) is 4.79 Å². The van der Waals surface area contributed by atoms with Crippen LogP contribution in [0.5, 0.6) is 11.5 Å². The first-order valence-electron chi connectivity index (χ1n) is 9.50. The zero-order valence-corrected chi connectivity index (χ0v) is 16.0. The lowest BCUT2D eigenvalue weighted by Crippen LogP contribution is -2.31. The lowest BCUT2D eigenvalue weighted by Gasteiger charge is -2.14. The van der Waals surface area contributed by atoms with Gasteiger partial charge in [-0.3, -0.25) is 4.79 Å². The number of rotatable bonds is 8. The van der Waals surface area contributed by atoms with Crippen molar-refractivity contribution in [3.63, 3.8) is 0 Å². The van der Waals surface area contributed by atoms with E-state index in [2.05, 4.69) is 5.32 Å². The molecule has 5 heteroatoms. The minimum atomic E-state index is -0.106. The predicted molar refractivity (Wildman–Crippen MR) is 104 cm³/mol. The van der Waals surface area contributed by atoms with Gasteiger partial charge in [-0.05, 0) is 62.6 Å². The van der Waals surface area contributed by atoms with Crippen molar-refractivity contribution in [1.29, 1.82) is 0 Å². The molecule has 144 valence electrons. The Balaban J connectivity index is 1.68. The summed E-state index contributed by atoms with van der Waals surface area (Å²) in [7, 11) is 0. The van der Waals surface area contributed by atoms with E-state index in [0.717, 1.165) is 42.1 Å². The Hall–Kier alpha value is -2.53. The summed E-state index contributed by atoms with van der Waals surface area (Å²) in [5.41, 5.74) is 2.59. The molecule has 27 heavy (non-hydrogen) atoms. The Kier molecular flexibility index (Phi) is 6.71. The highest BCUT2D eigenvalue weighted by Gasteiger charge is 2.17. The van der Waals surface area contributed by atoms with Crippen molar-refractivity contribution in [3.8, 4) is 11.5 Å². The molecule has 0 bridgehead atoms. The molecule has 1 heterocycles. The summed E-state index contributed by atoms with van der Waals surface area (Å²) < 4.78 is 17.2. The fraction of sp³-hybridized carbons (Fsp3) is 0.409. The highest BCUT2D eigenvalue weighted by Crippen LogP contribution is 2.23. The van der Waals surface area contributed by atoms with Crippen LogP contribution in [0.15, 0.2) is 42.5 Å². The fourth-order valence-electron chi connectivity index (χ4n) is 3.11. The standard InChI is InChI=1S/C22H27NO4/c1-3-25-21-10-9-17(22(24)23-14-20-8-5-11-26-20)13-18(21)15-27-19-7-4-6-16(2)12-19/h4,6-7,9-10,12-13,20H,3,5,8,11,14-15H2,1-2H3,(H,23,24)/t20-/m0/s1. The Labute approximate surface area is 160 Å². The average Bonchev–Trinajstić information content (AvgIpc) is 3.19. The number of aryl methyl sites for hydroxylation is 1. The van der Waals surface area contributed by atoms with Gasteiger partial charge in [0.05, 0.1) is 12.7 Å². The molecule has 2 aromatic carbocycles. The van der Waals surface area contributed by atoms with Crippen molar-refractivity contribution < 1.29 is 19.0 Å². The van der Waals surface area contributed by atoms with Crippen molar-refractivity contribution in [3.05, 3.63) is 59.2 Å². The van der Waals surface area contributed by atoms with Crippen molar-refractivity contribution in [2.45, 2.75) is 39.4 Å². The second kappa shape index (κ2) is 9.42. The third-order valence-electron chi connectivity index (χ3n) is 4.52. The van der Waals surface area contributed by atoms with Gasteiger partial charge in [0.2, 0.25) is 0 Å². The van der Waals surface area contributed by atoms with E-state index in [1.165, 1.54) is 0 Å². The highest BCUT2D eigenvalue weighted by molar-refractivity contribution is 5.94. The average molecular weight is 369 g/mol. The van der Waals surface area contributed by atoms with Crippen LogP contribution in [-0.2, 0) is 11.3 Å². The van der Waals surface area contributed by atoms with Gasteiger partial charge >= 0.3 is 0 Å². The first-order chi connectivity index (χ1) is 13.2. The third-order valence-corrected chi connectivity index (χ3v) is 4.52. The Bertz CT molecular complexity index is 769. The Morgan fingerprint density at radius 2 is 2.11 bits per heavy atom. The zero-order valence-electron chi connectivity index (χ0n) is 16.0. The summed E-state index contributed by atoms with van der Waals surface area (Å²) in [6, 6.07) is 13.3. The molecular formula is C22H27NO4. The largest absolute Gasteiger partial charge is 0.493 e. The number of benzene rings is 2. The summed E-state index contributed by atoms with van der Waals surface area (Å²) in [5.74, 6) is 1.43. The first-order valence-corrected chi connectivity index (χ1v) is 9.50. The molecule has 0 aliphatic carbocycles. The van der Waals surface area contributed by atoms with Gasteiger partial charge < -0.3 is 19.5 Å². The van der Waals surface area contributed by atoms with E-state index in [-0.39, 0.29) is 12.0 Å². The minimum Gasteiger partial charge on any atom is -0.493 e. The molecule has 3 rings (SSSR count). The van der Waals surface area contributed by atoms with Crippen LogP contribution in [0.2, 0.25) is 0 Å². The smallest absolute Gasteiger partial charge is 0.251 e. The van der Waals surface area contributed by atoms with Gasteiger partial charge in [0.25, 0.3) is 5.91 Å². The maximum Gasteiger partial charge on any atom is 0.251 e. The van der Waals surface area contributed by atoms with E-state index in [1.807, 2.05) is 50.2 Å². The maximum atomic E-state index is 12.5. The van der Waals surface area contributed by atoms with Gasteiger partial charge in [-0.15, -0.1) is 0 Å². The van der Waals surface area contributed by atoms with Crippen molar-refractivity contribution in [2.24, 2.45) is 0 Å². The summed E-state index contributed by atoms with van der Waals surface area (Å²) in [5, 5.41) is 2.96. The van der Waals surface area contributed by atoms with Gasteiger partial charge in [-0.2, -0.15) is 0 Å². The monoisotopic (exact) mass is 369 g/mol. The van der Waals surface area contributed by atoms with E-state index >= 15 is 0 Å². The number of nitrogens with one attached hydrogen (secondary N) is 1.